The Morgan fingerprint density at radius 2 is 1.65 bits per heavy atom. The molecule has 0 atom stereocenters. The summed E-state index contributed by atoms with van der Waals surface area (Å²) in [6.45, 7) is 8.07. The zero-order valence-electron chi connectivity index (χ0n) is 10.9. The number of hydrogen-bond donors (Lipinski definition) is 0. The highest BCUT2D eigenvalue weighted by atomic mass is 32.2. The predicted octanol–water partition coefficient (Wildman–Crippen LogP) is 3.37. The fourth-order valence-corrected chi connectivity index (χ4v) is 2.46. The zero-order chi connectivity index (χ0) is 13.1. The SMILES string of the molecule is Cc1ccc(S(=O)(=O)C/C=C\C(C)(C)C)cc1. The molecule has 0 radical (unpaired) electrons. The molecule has 1 aromatic carbocycles. The lowest BCUT2D eigenvalue weighted by atomic mass is 9.97. The minimum Gasteiger partial charge on any atom is -0.223 e. The highest BCUT2D eigenvalue weighted by molar-refractivity contribution is 7.91. The van der Waals surface area contributed by atoms with Gasteiger partial charge in [-0.1, -0.05) is 50.6 Å². The summed E-state index contributed by atoms with van der Waals surface area (Å²) in [5.41, 5.74) is 1.08. The minimum atomic E-state index is -3.19. The van der Waals surface area contributed by atoms with Crippen LogP contribution in [0.1, 0.15) is 26.3 Å². The maximum Gasteiger partial charge on any atom is 0.181 e. The topological polar surface area (TPSA) is 34.1 Å². The van der Waals surface area contributed by atoms with Gasteiger partial charge in [-0.15, -0.1) is 0 Å². The number of allylic oxidation sites excluding steroid dienone is 1. The Morgan fingerprint density at radius 3 is 2.12 bits per heavy atom. The van der Waals surface area contributed by atoms with E-state index in [0.717, 1.165) is 5.56 Å². The van der Waals surface area contributed by atoms with Crippen LogP contribution >= 0.6 is 0 Å². The summed E-state index contributed by atoms with van der Waals surface area (Å²) < 4.78 is 24.0. The van der Waals surface area contributed by atoms with E-state index in [2.05, 4.69) is 0 Å². The first-order valence-corrected chi connectivity index (χ1v) is 7.33. The number of rotatable bonds is 3. The van der Waals surface area contributed by atoms with Gasteiger partial charge in [0.15, 0.2) is 9.84 Å². The van der Waals surface area contributed by atoms with Crippen LogP contribution in [-0.2, 0) is 9.84 Å². The van der Waals surface area contributed by atoms with Crippen LogP contribution in [0.25, 0.3) is 0 Å². The molecule has 0 aliphatic heterocycles. The Kier molecular flexibility index (Phi) is 4.15. The van der Waals surface area contributed by atoms with Crippen molar-refractivity contribution in [2.75, 3.05) is 5.75 Å². The van der Waals surface area contributed by atoms with E-state index in [0.29, 0.717) is 4.90 Å². The average molecular weight is 252 g/mol. The highest BCUT2D eigenvalue weighted by Crippen LogP contribution is 2.16. The third-order valence-corrected chi connectivity index (χ3v) is 3.94. The maximum absolute atomic E-state index is 12.0. The molecule has 3 heteroatoms. The molecule has 0 unspecified atom stereocenters. The second-order valence-corrected chi connectivity index (χ2v) is 7.40. The normalized spacial score (nSPS) is 13.2. The van der Waals surface area contributed by atoms with Crippen LogP contribution in [0, 0.1) is 12.3 Å². The first-order valence-electron chi connectivity index (χ1n) is 5.68. The van der Waals surface area contributed by atoms with Gasteiger partial charge < -0.3 is 0 Å². The Bertz CT molecular complexity index is 488. The molecular weight excluding hydrogens is 232 g/mol. The van der Waals surface area contributed by atoms with Crippen molar-refractivity contribution in [3.05, 3.63) is 42.0 Å². The highest BCUT2D eigenvalue weighted by Gasteiger charge is 2.12. The predicted molar refractivity (Wildman–Crippen MR) is 71.8 cm³/mol. The summed E-state index contributed by atoms with van der Waals surface area (Å²) in [5.74, 6) is 0.0628. The molecular formula is C14H20O2S. The summed E-state index contributed by atoms with van der Waals surface area (Å²) in [5, 5.41) is 0. The van der Waals surface area contributed by atoms with Gasteiger partial charge in [0.25, 0.3) is 0 Å². The number of hydrogen-bond acceptors (Lipinski definition) is 2. The van der Waals surface area contributed by atoms with Gasteiger partial charge in [0.2, 0.25) is 0 Å². The first-order chi connectivity index (χ1) is 7.71. The molecule has 0 aliphatic rings. The molecule has 0 amide bonds. The van der Waals surface area contributed by atoms with Crippen LogP contribution in [0.3, 0.4) is 0 Å². The van der Waals surface area contributed by atoms with Crippen molar-refractivity contribution in [1.29, 1.82) is 0 Å². The fraction of sp³-hybridized carbons (Fsp3) is 0.429. The quantitative estimate of drug-likeness (QED) is 0.773. The van der Waals surface area contributed by atoms with Crippen LogP contribution in [0.2, 0.25) is 0 Å². The first kappa shape index (κ1) is 14.0. The van der Waals surface area contributed by atoms with Gasteiger partial charge in [0.1, 0.15) is 0 Å². The van der Waals surface area contributed by atoms with Crippen molar-refractivity contribution in [2.24, 2.45) is 5.41 Å². The maximum atomic E-state index is 12.0. The molecule has 1 aromatic rings. The Morgan fingerprint density at radius 1 is 1.12 bits per heavy atom. The lowest BCUT2D eigenvalue weighted by Gasteiger charge is -2.11. The second kappa shape index (κ2) is 5.05. The average Bonchev–Trinajstić information content (AvgIpc) is 2.15. The van der Waals surface area contributed by atoms with Crippen molar-refractivity contribution >= 4 is 9.84 Å². The third kappa shape index (κ3) is 4.73. The van der Waals surface area contributed by atoms with E-state index in [9.17, 15) is 8.42 Å². The van der Waals surface area contributed by atoms with Gasteiger partial charge in [0.05, 0.1) is 10.6 Å². The van der Waals surface area contributed by atoms with Gasteiger partial charge in [0, 0.05) is 0 Å². The molecule has 0 saturated heterocycles. The van der Waals surface area contributed by atoms with E-state index in [1.807, 2.05) is 45.9 Å². The number of sulfone groups is 1. The van der Waals surface area contributed by atoms with Gasteiger partial charge in [-0.2, -0.15) is 0 Å². The van der Waals surface area contributed by atoms with Crippen molar-refractivity contribution < 1.29 is 8.42 Å². The van der Waals surface area contributed by atoms with Gasteiger partial charge >= 0.3 is 0 Å². The molecule has 2 nitrogen and oxygen atoms in total. The third-order valence-electron chi connectivity index (χ3n) is 2.31. The summed E-state index contributed by atoms with van der Waals surface area (Å²) in [6, 6.07) is 6.96. The monoisotopic (exact) mass is 252 g/mol. The summed E-state index contributed by atoms with van der Waals surface area (Å²) in [6.07, 6.45) is 3.66. The molecule has 0 bridgehead atoms. The molecule has 0 aromatic heterocycles. The molecule has 0 N–H and O–H groups in total. The van der Waals surface area contributed by atoms with Gasteiger partial charge in [-0.05, 0) is 24.5 Å². The number of aryl methyl sites for hydroxylation is 1. The molecule has 0 saturated carbocycles. The molecule has 17 heavy (non-hydrogen) atoms. The van der Waals surface area contributed by atoms with E-state index in [4.69, 9.17) is 0 Å². The lowest BCUT2D eigenvalue weighted by molar-refractivity contribution is 0.543. The Balaban J connectivity index is 2.83. The van der Waals surface area contributed by atoms with Gasteiger partial charge in [-0.3, -0.25) is 0 Å². The summed E-state index contributed by atoms with van der Waals surface area (Å²) >= 11 is 0. The molecule has 0 spiro atoms. The number of benzene rings is 1. The van der Waals surface area contributed by atoms with Crippen molar-refractivity contribution in [3.8, 4) is 0 Å². The Hall–Kier alpha value is -1.09. The molecule has 0 aliphatic carbocycles. The van der Waals surface area contributed by atoms with Crippen LogP contribution in [0.5, 0.6) is 0 Å². The van der Waals surface area contributed by atoms with Crippen molar-refractivity contribution in [2.45, 2.75) is 32.6 Å². The van der Waals surface area contributed by atoms with E-state index in [1.54, 1.807) is 18.2 Å². The molecule has 0 heterocycles. The van der Waals surface area contributed by atoms with Crippen molar-refractivity contribution in [3.63, 3.8) is 0 Å². The smallest absolute Gasteiger partial charge is 0.181 e. The molecule has 1 rings (SSSR count). The second-order valence-electron chi connectivity index (χ2n) is 5.36. The van der Waals surface area contributed by atoms with E-state index >= 15 is 0 Å². The van der Waals surface area contributed by atoms with Crippen molar-refractivity contribution in [1.82, 2.24) is 0 Å². The molecule has 94 valence electrons. The zero-order valence-corrected chi connectivity index (χ0v) is 11.7. The van der Waals surface area contributed by atoms with E-state index in [-0.39, 0.29) is 11.2 Å². The summed E-state index contributed by atoms with van der Waals surface area (Å²) in [4.78, 5) is 0.390. The largest absolute Gasteiger partial charge is 0.223 e. The van der Waals surface area contributed by atoms with Gasteiger partial charge in [-0.25, -0.2) is 8.42 Å². The van der Waals surface area contributed by atoms with E-state index < -0.39 is 9.84 Å². The van der Waals surface area contributed by atoms with Crippen LogP contribution in [-0.4, -0.2) is 14.2 Å². The van der Waals surface area contributed by atoms with Crippen LogP contribution in [0.4, 0.5) is 0 Å². The van der Waals surface area contributed by atoms with Crippen LogP contribution in [0.15, 0.2) is 41.3 Å². The van der Waals surface area contributed by atoms with Crippen LogP contribution < -0.4 is 0 Å². The minimum absolute atomic E-state index is 0.0167. The Labute approximate surface area is 104 Å². The lowest BCUT2D eigenvalue weighted by Crippen LogP contribution is -2.06. The standard InChI is InChI=1S/C14H20O2S/c1-12-6-8-13(9-7-12)17(15,16)11-5-10-14(2,3)4/h5-10H,11H2,1-4H3/b10-5-. The molecule has 0 fully saturated rings. The summed E-state index contributed by atoms with van der Waals surface area (Å²) in [7, 11) is -3.19. The fourth-order valence-electron chi connectivity index (χ4n) is 1.37. The van der Waals surface area contributed by atoms with E-state index in [1.165, 1.54) is 0 Å².